The lowest BCUT2D eigenvalue weighted by Gasteiger charge is -2.28. The molecule has 8 aromatic carbocycles. The zero-order valence-electron chi connectivity index (χ0n) is 27.4. The van der Waals surface area contributed by atoms with E-state index in [9.17, 15) is 0 Å². The fourth-order valence-electron chi connectivity index (χ4n) is 8.04. The van der Waals surface area contributed by atoms with Gasteiger partial charge in [-0.25, -0.2) is 0 Å². The highest BCUT2D eigenvalue weighted by Gasteiger charge is 2.35. The van der Waals surface area contributed by atoms with Gasteiger partial charge in [0.2, 0.25) is 0 Å². The van der Waals surface area contributed by atoms with Crippen molar-refractivity contribution in [2.24, 2.45) is 0 Å². The van der Waals surface area contributed by atoms with Crippen molar-refractivity contribution in [3.63, 3.8) is 0 Å². The van der Waals surface area contributed by atoms with Gasteiger partial charge >= 0.3 is 0 Å². The van der Waals surface area contributed by atoms with Crippen molar-refractivity contribution in [3.8, 4) is 22.3 Å². The Morgan fingerprint density at radius 1 is 0.408 bits per heavy atom. The summed E-state index contributed by atoms with van der Waals surface area (Å²) in [4.78, 5) is 2.37. The Kier molecular flexibility index (Phi) is 5.95. The van der Waals surface area contributed by atoms with Gasteiger partial charge in [0, 0.05) is 39.3 Å². The van der Waals surface area contributed by atoms with Gasteiger partial charge in [0.25, 0.3) is 0 Å². The Morgan fingerprint density at radius 2 is 1.00 bits per heavy atom. The van der Waals surface area contributed by atoms with Crippen LogP contribution in [-0.2, 0) is 5.41 Å². The van der Waals surface area contributed by atoms with E-state index in [0.717, 1.165) is 39.0 Å². The van der Waals surface area contributed by atoms with Gasteiger partial charge in [0.1, 0.15) is 11.2 Å². The van der Waals surface area contributed by atoms with E-state index in [2.05, 4.69) is 183 Å². The molecule has 2 heteroatoms. The van der Waals surface area contributed by atoms with Gasteiger partial charge in [-0.15, -0.1) is 0 Å². The lowest BCUT2D eigenvalue weighted by Crippen LogP contribution is -2.16. The highest BCUT2D eigenvalue weighted by atomic mass is 16.3. The average Bonchev–Trinajstić information content (AvgIpc) is 3.61. The van der Waals surface area contributed by atoms with Gasteiger partial charge in [-0.05, 0) is 110 Å². The largest absolute Gasteiger partial charge is 0.456 e. The third-order valence-corrected chi connectivity index (χ3v) is 10.6. The summed E-state index contributed by atoms with van der Waals surface area (Å²) in [5, 5.41) is 7.18. The minimum Gasteiger partial charge on any atom is -0.456 e. The van der Waals surface area contributed by atoms with Crippen LogP contribution in [-0.4, -0.2) is 0 Å². The highest BCUT2D eigenvalue weighted by Crippen LogP contribution is 2.51. The molecule has 1 heterocycles. The molecule has 49 heavy (non-hydrogen) atoms. The van der Waals surface area contributed by atoms with Gasteiger partial charge in [-0.2, -0.15) is 0 Å². The molecule has 1 aliphatic rings. The minimum atomic E-state index is -0.0990. The molecule has 0 N–H and O–H groups in total. The Morgan fingerprint density at radius 3 is 1.82 bits per heavy atom. The van der Waals surface area contributed by atoms with Crippen LogP contribution in [0.2, 0.25) is 0 Å². The summed E-state index contributed by atoms with van der Waals surface area (Å²) >= 11 is 0. The molecular formula is C47H33NO. The van der Waals surface area contributed by atoms with Crippen molar-refractivity contribution >= 4 is 60.5 Å². The molecule has 10 rings (SSSR count). The quantitative estimate of drug-likeness (QED) is 0.193. The first-order valence-corrected chi connectivity index (χ1v) is 17.0. The van der Waals surface area contributed by atoms with Crippen LogP contribution in [0.3, 0.4) is 0 Å². The summed E-state index contributed by atoms with van der Waals surface area (Å²) in [5.74, 6) is 0. The van der Waals surface area contributed by atoms with Crippen LogP contribution in [0.15, 0.2) is 168 Å². The van der Waals surface area contributed by atoms with Crippen molar-refractivity contribution in [1.29, 1.82) is 0 Å². The maximum atomic E-state index is 6.56. The third kappa shape index (κ3) is 4.34. The fourth-order valence-corrected chi connectivity index (χ4v) is 8.04. The molecule has 1 aromatic heterocycles. The third-order valence-electron chi connectivity index (χ3n) is 10.6. The fraction of sp³-hybridized carbons (Fsp3) is 0.0638. The van der Waals surface area contributed by atoms with E-state index >= 15 is 0 Å². The number of hydrogen-bond acceptors (Lipinski definition) is 2. The monoisotopic (exact) mass is 627 g/mol. The van der Waals surface area contributed by atoms with Crippen molar-refractivity contribution in [2.75, 3.05) is 4.90 Å². The maximum Gasteiger partial charge on any atom is 0.137 e. The summed E-state index contributed by atoms with van der Waals surface area (Å²) < 4.78 is 6.56. The summed E-state index contributed by atoms with van der Waals surface area (Å²) in [7, 11) is 0. The molecule has 2 nitrogen and oxygen atoms in total. The number of benzene rings is 8. The lowest BCUT2D eigenvalue weighted by molar-refractivity contribution is 0.660. The molecule has 0 amide bonds. The summed E-state index contributed by atoms with van der Waals surface area (Å²) in [6, 6.07) is 59.5. The zero-order valence-corrected chi connectivity index (χ0v) is 27.4. The van der Waals surface area contributed by atoms with Gasteiger partial charge in [-0.1, -0.05) is 117 Å². The molecule has 232 valence electrons. The molecule has 0 bridgehead atoms. The predicted molar refractivity (Wildman–Crippen MR) is 206 cm³/mol. The summed E-state index contributed by atoms with van der Waals surface area (Å²) in [6.45, 7) is 4.68. The Labute approximate surface area is 285 Å². The number of furan rings is 1. The molecular weight excluding hydrogens is 595 g/mol. The van der Waals surface area contributed by atoms with Gasteiger partial charge in [-0.3, -0.25) is 0 Å². The average molecular weight is 628 g/mol. The van der Waals surface area contributed by atoms with E-state index in [4.69, 9.17) is 4.42 Å². The first-order valence-electron chi connectivity index (χ1n) is 17.0. The van der Waals surface area contributed by atoms with Crippen LogP contribution in [0.1, 0.15) is 25.0 Å². The van der Waals surface area contributed by atoms with Crippen LogP contribution in [0.5, 0.6) is 0 Å². The van der Waals surface area contributed by atoms with E-state index < -0.39 is 0 Å². The van der Waals surface area contributed by atoms with Crippen LogP contribution >= 0.6 is 0 Å². The van der Waals surface area contributed by atoms with Crippen molar-refractivity contribution in [3.05, 3.63) is 175 Å². The molecule has 0 radical (unpaired) electrons. The first kappa shape index (κ1) is 27.9. The standard InChI is InChI=1S/C47H33NO/c1-47(2)43-14-8-7-13-39(43)40-23-21-37(28-44(40)47)48(36-19-17-31(18-20-36)35-16-15-30-9-3-4-10-32(30)25-35)38-22-24-41-42-26-33-11-5-6-12-34(33)27-45(42)49-46(41)29-38/h3-29H,1-2H3. The SMILES string of the molecule is CC1(C)c2ccccc2-c2ccc(N(c3ccc(-c4ccc5ccccc5c4)cc3)c3ccc4c(c3)oc3cc5ccccc5cc34)cc21. The number of nitrogens with zero attached hydrogens (tertiary/aromatic N) is 1. The van der Waals surface area contributed by atoms with Gasteiger partial charge in [0.15, 0.2) is 0 Å². The second-order valence-electron chi connectivity index (χ2n) is 13.8. The van der Waals surface area contributed by atoms with E-state index in [1.807, 2.05) is 0 Å². The smallest absolute Gasteiger partial charge is 0.137 e. The molecule has 0 fully saturated rings. The van der Waals surface area contributed by atoms with E-state index in [0.29, 0.717) is 0 Å². The van der Waals surface area contributed by atoms with Gasteiger partial charge in [0.05, 0.1) is 0 Å². The molecule has 9 aromatic rings. The molecule has 0 aliphatic heterocycles. The predicted octanol–water partition coefficient (Wildman–Crippen LogP) is 13.3. The Balaban J connectivity index is 1.13. The number of fused-ring (bicyclic) bond motifs is 8. The second-order valence-corrected chi connectivity index (χ2v) is 13.8. The molecule has 0 saturated heterocycles. The molecule has 0 spiro atoms. The van der Waals surface area contributed by atoms with Gasteiger partial charge < -0.3 is 9.32 Å². The second kappa shape index (κ2) is 10.4. The first-order chi connectivity index (χ1) is 24.0. The van der Waals surface area contributed by atoms with E-state index in [-0.39, 0.29) is 5.41 Å². The van der Waals surface area contributed by atoms with E-state index in [1.54, 1.807) is 0 Å². The number of rotatable bonds is 4. The minimum absolute atomic E-state index is 0.0990. The van der Waals surface area contributed by atoms with Crippen LogP contribution in [0.4, 0.5) is 17.1 Å². The van der Waals surface area contributed by atoms with Crippen LogP contribution in [0.25, 0.3) is 65.7 Å². The Hall–Kier alpha value is -6.12. The normalized spacial score (nSPS) is 13.3. The maximum absolute atomic E-state index is 6.56. The van der Waals surface area contributed by atoms with Crippen LogP contribution in [0, 0.1) is 0 Å². The molecule has 1 aliphatic carbocycles. The topological polar surface area (TPSA) is 16.4 Å². The molecule has 0 saturated carbocycles. The highest BCUT2D eigenvalue weighted by molar-refractivity contribution is 6.11. The molecule has 0 unspecified atom stereocenters. The summed E-state index contributed by atoms with van der Waals surface area (Å²) in [6.07, 6.45) is 0. The van der Waals surface area contributed by atoms with E-state index in [1.165, 1.54) is 54.9 Å². The number of hydrogen-bond donors (Lipinski definition) is 0. The molecule has 0 atom stereocenters. The Bertz CT molecular complexity index is 2750. The number of anilines is 3. The summed E-state index contributed by atoms with van der Waals surface area (Å²) in [5.41, 5.74) is 12.8. The lowest BCUT2D eigenvalue weighted by atomic mass is 9.82. The van der Waals surface area contributed by atoms with Crippen molar-refractivity contribution in [1.82, 2.24) is 0 Å². The zero-order chi connectivity index (χ0) is 32.7. The van der Waals surface area contributed by atoms with Crippen molar-refractivity contribution < 1.29 is 4.42 Å². The van der Waals surface area contributed by atoms with Crippen molar-refractivity contribution in [2.45, 2.75) is 19.3 Å². The van der Waals surface area contributed by atoms with Crippen LogP contribution < -0.4 is 4.90 Å².